The largest absolute Gasteiger partial charge is 0.480 e. The van der Waals surface area contributed by atoms with E-state index in [1.165, 1.54) is 6.92 Å². The first-order valence-corrected chi connectivity index (χ1v) is 7.06. The molecule has 0 fully saturated rings. The van der Waals surface area contributed by atoms with Crippen LogP contribution in [0.1, 0.15) is 40.5 Å². The number of esters is 1. The van der Waals surface area contributed by atoms with Gasteiger partial charge in [0.1, 0.15) is 12.1 Å². The molecule has 0 spiro atoms. The van der Waals surface area contributed by atoms with Gasteiger partial charge in [0.15, 0.2) is 0 Å². The molecule has 3 N–H and O–H groups in total. The van der Waals surface area contributed by atoms with Crippen molar-refractivity contribution in [2.24, 2.45) is 11.8 Å². The number of carboxylic acids is 1. The summed E-state index contributed by atoms with van der Waals surface area (Å²) in [4.78, 5) is 34.4. The molecule has 0 aliphatic carbocycles. The van der Waals surface area contributed by atoms with Crippen LogP contribution in [0.25, 0.3) is 0 Å². The standard InChI is InChI=1S/C14H25NO6/c1-5-21-14(20)9(4)7-10(13(18)19)15-12(17)11(16)6-8(2)3/h8-11,16H,5-7H2,1-4H3,(H,15,17)(H,18,19)/t9-,10+,11+/m1/s1. The van der Waals surface area contributed by atoms with Gasteiger partial charge in [-0.05, 0) is 25.7 Å². The monoisotopic (exact) mass is 303 g/mol. The van der Waals surface area contributed by atoms with E-state index >= 15 is 0 Å². The van der Waals surface area contributed by atoms with Crippen molar-refractivity contribution in [1.29, 1.82) is 0 Å². The van der Waals surface area contributed by atoms with Crippen LogP contribution in [0.5, 0.6) is 0 Å². The molecular weight excluding hydrogens is 278 g/mol. The number of nitrogens with one attached hydrogen (secondary N) is 1. The Morgan fingerprint density at radius 2 is 1.71 bits per heavy atom. The number of hydrogen-bond donors (Lipinski definition) is 3. The molecule has 0 saturated carbocycles. The van der Waals surface area contributed by atoms with Gasteiger partial charge >= 0.3 is 11.9 Å². The number of aliphatic carboxylic acids is 1. The fourth-order valence-corrected chi connectivity index (χ4v) is 1.78. The van der Waals surface area contributed by atoms with Crippen molar-refractivity contribution < 1.29 is 29.3 Å². The Morgan fingerprint density at radius 3 is 2.14 bits per heavy atom. The van der Waals surface area contributed by atoms with Crippen LogP contribution in [0.3, 0.4) is 0 Å². The van der Waals surface area contributed by atoms with E-state index in [0.29, 0.717) is 0 Å². The second kappa shape index (κ2) is 9.33. The van der Waals surface area contributed by atoms with E-state index in [4.69, 9.17) is 9.84 Å². The van der Waals surface area contributed by atoms with Gasteiger partial charge in [-0.25, -0.2) is 4.79 Å². The molecule has 0 bridgehead atoms. The highest BCUT2D eigenvalue weighted by molar-refractivity contribution is 5.86. The number of hydrogen-bond acceptors (Lipinski definition) is 5. The molecule has 0 aliphatic rings. The molecule has 0 radical (unpaired) electrons. The lowest BCUT2D eigenvalue weighted by atomic mass is 10.0. The predicted molar refractivity (Wildman–Crippen MR) is 75.4 cm³/mol. The summed E-state index contributed by atoms with van der Waals surface area (Å²) in [5.74, 6) is -3.06. The average Bonchev–Trinajstić information content (AvgIpc) is 2.36. The normalized spacial score (nSPS) is 15.1. The number of aliphatic hydroxyl groups excluding tert-OH is 1. The van der Waals surface area contributed by atoms with E-state index < -0.39 is 35.9 Å². The first-order valence-electron chi connectivity index (χ1n) is 7.06. The van der Waals surface area contributed by atoms with E-state index in [9.17, 15) is 19.5 Å². The Bertz CT molecular complexity index is 368. The molecule has 0 unspecified atom stereocenters. The van der Waals surface area contributed by atoms with Gasteiger partial charge < -0.3 is 20.3 Å². The van der Waals surface area contributed by atoms with Gasteiger partial charge in [-0.15, -0.1) is 0 Å². The quantitative estimate of drug-likeness (QED) is 0.536. The van der Waals surface area contributed by atoms with Crippen molar-refractivity contribution in [3.8, 4) is 0 Å². The topological polar surface area (TPSA) is 113 Å². The Balaban J connectivity index is 4.59. The molecule has 0 aliphatic heterocycles. The Labute approximate surface area is 124 Å². The summed E-state index contributed by atoms with van der Waals surface area (Å²) in [6.45, 7) is 7.08. The minimum Gasteiger partial charge on any atom is -0.480 e. The fourth-order valence-electron chi connectivity index (χ4n) is 1.78. The summed E-state index contributed by atoms with van der Waals surface area (Å²) in [5, 5.41) is 21.0. The number of carbonyl (C=O) groups excluding carboxylic acids is 2. The Kier molecular flexibility index (Phi) is 8.61. The summed E-state index contributed by atoms with van der Waals surface area (Å²) in [7, 11) is 0. The zero-order valence-corrected chi connectivity index (χ0v) is 13.0. The second-order valence-electron chi connectivity index (χ2n) is 5.43. The lowest BCUT2D eigenvalue weighted by Gasteiger charge is -2.20. The highest BCUT2D eigenvalue weighted by atomic mass is 16.5. The highest BCUT2D eigenvalue weighted by Gasteiger charge is 2.28. The van der Waals surface area contributed by atoms with Crippen molar-refractivity contribution in [3.63, 3.8) is 0 Å². The van der Waals surface area contributed by atoms with Gasteiger partial charge in [-0.1, -0.05) is 20.8 Å². The van der Waals surface area contributed by atoms with E-state index in [1.54, 1.807) is 6.92 Å². The van der Waals surface area contributed by atoms with E-state index in [2.05, 4.69) is 5.32 Å². The maximum absolute atomic E-state index is 11.7. The predicted octanol–water partition coefficient (Wildman–Crippen LogP) is 0.552. The van der Waals surface area contributed by atoms with Crippen molar-refractivity contribution in [2.45, 2.75) is 52.7 Å². The molecule has 0 heterocycles. The smallest absolute Gasteiger partial charge is 0.326 e. The van der Waals surface area contributed by atoms with E-state index in [0.717, 1.165) is 0 Å². The summed E-state index contributed by atoms with van der Waals surface area (Å²) in [5.41, 5.74) is 0. The van der Waals surface area contributed by atoms with Crippen molar-refractivity contribution >= 4 is 17.8 Å². The zero-order valence-electron chi connectivity index (χ0n) is 13.0. The molecule has 7 heteroatoms. The molecule has 0 aromatic heterocycles. The number of rotatable bonds is 9. The van der Waals surface area contributed by atoms with Crippen molar-refractivity contribution in [1.82, 2.24) is 5.32 Å². The van der Waals surface area contributed by atoms with Crippen LogP contribution in [0.2, 0.25) is 0 Å². The third kappa shape index (κ3) is 7.65. The summed E-state index contributed by atoms with van der Waals surface area (Å²) in [6.07, 6.45) is -1.11. The summed E-state index contributed by atoms with van der Waals surface area (Å²) >= 11 is 0. The molecule has 122 valence electrons. The lowest BCUT2D eigenvalue weighted by molar-refractivity contribution is -0.149. The third-order valence-electron chi connectivity index (χ3n) is 2.89. The lowest BCUT2D eigenvalue weighted by Crippen LogP contribution is -2.47. The van der Waals surface area contributed by atoms with Crippen molar-refractivity contribution in [2.75, 3.05) is 6.61 Å². The first kappa shape index (κ1) is 19.4. The molecule has 3 atom stereocenters. The van der Waals surface area contributed by atoms with Crippen LogP contribution in [-0.2, 0) is 19.1 Å². The highest BCUT2D eigenvalue weighted by Crippen LogP contribution is 2.10. The number of carboxylic acid groups (broad SMARTS) is 1. The van der Waals surface area contributed by atoms with Crippen LogP contribution in [0, 0.1) is 11.8 Å². The van der Waals surface area contributed by atoms with Crippen LogP contribution in [-0.4, -0.2) is 46.8 Å². The molecule has 21 heavy (non-hydrogen) atoms. The minimum absolute atomic E-state index is 0.0890. The first-order chi connectivity index (χ1) is 9.68. The average molecular weight is 303 g/mol. The number of aliphatic hydroxyl groups is 1. The molecule has 0 rings (SSSR count). The van der Waals surface area contributed by atoms with Gasteiger partial charge in [-0.2, -0.15) is 0 Å². The molecule has 0 saturated heterocycles. The van der Waals surface area contributed by atoms with E-state index in [-0.39, 0.29) is 25.4 Å². The minimum atomic E-state index is -1.26. The Morgan fingerprint density at radius 1 is 1.14 bits per heavy atom. The second-order valence-corrected chi connectivity index (χ2v) is 5.43. The van der Waals surface area contributed by atoms with Crippen LogP contribution >= 0.6 is 0 Å². The van der Waals surface area contributed by atoms with Crippen molar-refractivity contribution in [3.05, 3.63) is 0 Å². The SMILES string of the molecule is CCOC(=O)[C@H](C)C[C@H](NC(=O)[C@@H](O)CC(C)C)C(=O)O. The van der Waals surface area contributed by atoms with Gasteiger partial charge in [0.2, 0.25) is 5.91 Å². The molecular formula is C14H25NO6. The van der Waals surface area contributed by atoms with Gasteiger partial charge in [0, 0.05) is 0 Å². The number of ether oxygens (including phenoxy) is 1. The summed E-state index contributed by atoms with van der Waals surface area (Å²) in [6, 6.07) is -1.24. The summed E-state index contributed by atoms with van der Waals surface area (Å²) < 4.78 is 4.80. The van der Waals surface area contributed by atoms with Gasteiger partial charge in [0.05, 0.1) is 12.5 Å². The molecule has 0 aromatic rings. The third-order valence-corrected chi connectivity index (χ3v) is 2.89. The zero-order chi connectivity index (χ0) is 16.6. The van der Waals surface area contributed by atoms with Crippen LogP contribution in [0.15, 0.2) is 0 Å². The van der Waals surface area contributed by atoms with Gasteiger partial charge in [0.25, 0.3) is 0 Å². The Hall–Kier alpha value is -1.63. The van der Waals surface area contributed by atoms with E-state index in [1.807, 2.05) is 13.8 Å². The molecule has 7 nitrogen and oxygen atoms in total. The molecule has 1 amide bonds. The van der Waals surface area contributed by atoms with Crippen LogP contribution in [0.4, 0.5) is 0 Å². The number of amides is 1. The maximum Gasteiger partial charge on any atom is 0.326 e. The maximum atomic E-state index is 11.7. The fraction of sp³-hybridized carbons (Fsp3) is 0.786. The molecule has 0 aromatic carbocycles. The van der Waals surface area contributed by atoms with Gasteiger partial charge in [-0.3, -0.25) is 9.59 Å². The van der Waals surface area contributed by atoms with Crippen LogP contribution < -0.4 is 5.32 Å². The number of carbonyl (C=O) groups is 3.